The van der Waals surface area contributed by atoms with E-state index in [1.165, 1.54) is 5.56 Å². The maximum absolute atomic E-state index is 11.1. The van der Waals surface area contributed by atoms with Crippen molar-refractivity contribution in [3.05, 3.63) is 29.8 Å². The summed E-state index contributed by atoms with van der Waals surface area (Å²) in [5.41, 5.74) is 6.43. The first-order chi connectivity index (χ1) is 8.58. The molecule has 0 aliphatic carbocycles. The van der Waals surface area contributed by atoms with Crippen molar-refractivity contribution >= 4 is 5.91 Å². The van der Waals surface area contributed by atoms with E-state index in [0.29, 0.717) is 18.2 Å². The van der Waals surface area contributed by atoms with E-state index >= 15 is 0 Å². The van der Waals surface area contributed by atoms with E-state index in [1.807, 2.05) is 31.2 Å². The summed E-state index contributed by atoms with van der Waals surface area (Å²) in [7, 11) is 0. The molecule has 2 atom stereocenters. The van der Waals surface area contributed by atoms with Gasteiger partial charge in [-0.2, -0.15) is 0 Å². The number of rotatable bonds is 7. The summed E-state index contributed by atoms with van der Waals surface area (Å²) in [6.07, 6.45) is 0.0206. The molecule has 1 amide bonds. The molecule has 0 fully saturated rings. The van der Waals surface area contributed by atoms with Gasteiger partial charge in [0.2, 0.25) is 0 Å². The number of carbonyl (C=O) groups is 1. The average molecular weight is 250 g/mol. The highest BCUT2D eigenvalue weighted by atomic mass is 16.5. The molecule has 18 heavy (non-hydrogen) atoms. The summed E-state index contributed by atoms with van der Waals surface area (Å²) in [4.78, 5) is 11.1. The quantitative estimate of drug-likeness (QED) is 0.778. The zero-order chi connectivity index (χ0) is 13.5. The highest BCUT2D eigenvalue weighted by Gasteiger charge is 2.14. The number of amides is 1. The molecular weight excluding hydrogens is 228 g/mol. The van der Waals surface area contributed by atoms with E-state index in [2.05, 4.69) is 19.2 Å². The normalized spacial score (nSPS) is 13.9. The first kappa shape index (κ1) is 14.5. The number of benzene rings is 1. The van der Waals surface area contributed by atoms with E-state index in [0.717, 1.165) is 6.54 Å². The second kappa shape index (κ2) is 7.01. The minimum atomic E-state index is -0.554. The average Bonchev–Trinajstić information content (AvgIpc) is 2.36. The predicted octanol–water partition coefficient (Wildman–Crippen LogP) is 2.00. The zero-order valence-corrected chi connectivity index (χ0v) is 11.3. The third-order valence-corrected chi connectivity index (χ3v) is 2.86. The van der Waals surface area contributed by atoms with Crippen LogP contribution in [0.15, 0.2) is 24.3 Å². The van der Waals surface area contributed by atoms with Crippen molar-refractivity contribution in [3.63, 3.8) is 0 Å². The van der Waals surface area contributed by atoms with E-state index < -0.39 is 12.0 Å². The van der Waals surface area contributed by atoms with Gasteiger partial charge >= 0.3 is 0 Å². The number of hydrogen-bond acceptors (Lipinski definition) is 3. The lowest BCUT2D eigenvalue weighted by atomic mass is 10.1. The first-order valence-electron chi connectivity index (χ1n) is 6.37. The Balaban J connectivity index is 2.67. The van der Waals surface area contributed by atoms with Gasteiger partial charge in [-0.3, -0.25) is 4.79 Å². The molecule has 1 aromatic rings. The molecule has 0 bridgehead atoms. The number of hydrogen-bond donors (Lipinski definition) is 2. The van der Waals surface area contributed by atoms with Crippen molar-refractivity contribution < 1.29 is 9.53 Å². The standard InChI is InChI=1S/C14H22N2O2/c1-4-13(14(15)17)18-12-8-6-11(7-9-12)10(3)16-5-2/h6-10,13,16H,4-5H2,1-3H3,(H2,15,17). The first-order valence-corrected chi connectivity index (χ1v) is 6.37. The fourth-order valence-corrected chi connectivity index (χ4v) is 1.77. The van der Waals surface area contributed by atoms with Gasteiger partial charge in [0.1, 0.15) is 5.75 Å². The summed E-state index contributed by atoms with van der Waals surface area (Å²) in [6.45, 7) is 6.99. The van der Waals surface area contributed by atoms with E-state index in [-0.39, 0.29) is 0 Å². The van der Waals surface area contributed by atoms with Gasteiger partial charge in [0, 0.05) is 6.04 Å². The van der Waals surface area contributed by atoms with Crippen LogP contribution < -0.4 is 15.8 Å². The minimum absolute atomic E-state index is 0.308. The van der Waals surface area contributed by atoms with Gasteiger partial charge in [0.25, 0.3) is 5.91 Å². The molecule has 3 N–H and O–H groups in total. The van der Waals surface area contributed by atoms with Crippen molar-refractivity contribution in [1.29, 1.82) is 0 Å². The molecule has 0 aromatic heterocycles. The van der Waals surface area contributed by atoms with Crippen molar-refractivity contribution in [3.8, 4) is 5.75 Å². The predicted molar refractivity (Wildman–Crippen MR) is 72.4 cm³/mol. The summed E-state index contributed by atoms with van der Waals surface area (Å²) in [6, 6.07) is 8.04. The van der Waals surface area contributed by atoms with Gasteiger partial charge in [-0.05, 0) is 37.6 Å². The Bertz CT molecular complexity index is 376. The van der Waals surface area contributed by atoms with E-state index in [9.17, 15) is 4.79 Å². The molecule has 1 rings (SSSR count). The number of nitrogens with one attached hydrogen (secondary N) is 1. The summed E-state index contributed by atoms with van der Waals surface area (Å²) >= 11 is 0. The fourth-order valence-electron chi connectivity index (χ4n) is 1.77. The molecule has 0 radical (unpaired) electrons. The Morgan fingerprint density at radius 2 is 1.94 bits per heavy atom. The van der Waals surface area contributed by atoms with Gasteiger partial charge in [0.05, 0.1) is 0 Å². The molecule has 0 saturated heterocycles. The molecule has 0 spiro atoms. The van der Waals surface area contributed by atoms with Crippen LogP contribution in [-0.2, 0) is 4.79 Å². The summed E-state index contributed by atoms with van der Waals surface area (Å²) in [5, 5.41) is 3.34. The lowest BCUT2D eigenvalue weighted by molar-refractivity contribution is -0.124. The smallest absolute Gasteiger partial charge is 0.258 e. The molecule has 0 aliphatic rings. The lowest BCUT2D eigenvalue weighted by Crippen LogP contribution is -2.32. The summed E-state index contributed by atoms with van der Waals surface area (Å²) in [5.74, 6) is 0.246. The van der Waals surface area contributed by atoms with Crippen molar-refractivity contribution in [2.45, 2.75) is 39.3 Å². The maximum atomic E-state index is 11.1. The minimum Gasteiger partial charge on any atom is -0.481 e. The van der Waals surface area contributed by atoms with Crippen LogP contribution in [0.3, 0.4) is 0 Å². The van der Waals surface area contributed by atoms with Gasteiger partial charge in [-0.25, -0.2) is 0 Å². The molecule has 2 unspecified atom stereocenters. The molecule has 0 saturated carbocycles. The van der Waals surface area contributed by atoms with Gasteiger partial charge < -0.3 is 15.8 Å². The van der Waals surface area contributed by atoms with E-state index in [4.69, 9.17) is 10.5 Å². The van der Waals surface area contributed by atoms with Crippen molar-refractivity contribution in [1.82, 2.24) is 5.32 Å². The van der Waals surface area contributed by atoms with Crippen LogP contribution in [0, 0.1) is 0 Å². The number of nitrogens with two attached hydrogens (primary N) is 1. The zero-order valence-electron chi connectivity index (χ0n) is 11.3. The fraction of sp³-hybridized carbons (Fsp3) is 0.500. The monoisotopic (exact) mass is 250 g/mol. The molecular formula is C14H22N2O2. The SMILES string of the molecule is CCNC(C)c1ccc(OC(CC)C(N)=O)cc1. The molecule has 4 nitrogen and oxygen atoms in total. The Kier molecular flexibility index (Phi) is 5.65. The van der Waals surface area contributed by atoms with Gasteiger partial charge in [-0.15, -0.1) is 0 Å². The van der Waals surface area contributed by atoms with Crippen LogP contribution >= 0.6 is 0 Å². The van der Waals surface area contributed by atoms with Crippen LogP contribution in [0.25, 0.3) is 0 Å². The second-order valence-corrected chi connectivity index (χ2v) is 4.27. The third kappa shape index (κ3) is 4.04. The molecule has 100 valence electrons. The largest absolute Gasteiger partial charge is 0.481 e. The van der Waals surface area contributed by atoms with Gasteiger partial charge in [0.15, 0.2) is 6.10 Å². The molecule has 1 aromatic carbocycles. The topological polar surface area (TPSA) is 64.3 Å². The van der Waals surface area contributed by atoms with Crippen LogP contribution in [0.2, 0.25) is 0 Å². The lowest BCUT2D eigenvalue weighted by Gasteiger charge is -2.16. The highest BCUT2D eigenvalue weighted by molar-refractivity contribution is 5.79. The Hall–Kier alpha value is -1.55. The van der Waals surface area contributed by atoms with Crippen LogP contribution in [0.1, 0.15) is 38.8 Å². The van der Waals surface area contributed by atoms with Gasteiger partial charge in [-0.1, -0.05) is 26.0 Å². The Labute approximate surface area is 109 Å². The Morgan fingerprint density at radius 1 is 1.33 bits per heavy atom. The highest BCUT2D eigenvalue weighted by Crippen LogP contribution is 2.19. The molecule has 0 aliphatic heterocycles. The number of carbonyl (C=O) groups excluding carboxylic acids is 1. The molecule has 4 heteroatoms. The third-order valence-electron chi connectivity index (χ3n) is 2.86. The van der Waals surface area contributed by atoms with Crippen LogP contribution in [0.4, 0.5) is 0 Å². The Morgan fingerprint density at radius 3 is 2.39 bits per heavy atom. The molecule has 0 heterocycles. The maximum Gasteiger partial charge on any atom is 0.258 e. The number of ether oxygens (including phenoxy) is 1. The number of primary amides is 1. The van der Waals surface area contributed by atoms with Crippen LogP contribution in [-0.4, -0.2) is 18.6 Å². The second-order valence-electron chi connectivity index (χ2n) is 4.27. The van der Waals surface area contributed by atoms with Crippen LogP contribution in [0.5, 0.6) is 5.75 Å². The van der Waals surface area contributed by atoms with E-state index in [1.54, 1.807) is 0 Å². The van der Waals surface area contributed by atoms with Crippen molar-refractivity contribution in [2.75, 3.05) is 6.54 Å². The van der Waals surface area contributed by atoms with Crippen molar-refractivity contribution in [2.24, 2.45) is 5.73 Å². The summed E-state index contributed by atoms with van der Waals surface area (Å²) < 4.78 is 5.52.